The number of amides is 3. The topological polar surface area (TPSA) is 87.3 Å². The zero-order valence-corrected chi connectivity index (χ0v) is 16.8. The third-order valence-corrected chi connectivity index (χ3v) is 4.69. The van der Waals surface area contributed by atoms with E-state index < -0.39 is 11.8 Å². The maximum absolute atomic E-state index is 12.6. The van der Waals surface area contributed by atoms with Gasteiger partial charge >= 0.3 is 11.8 Å². The second-order valence-corrected chi connectivity index (χ2v) is 6.85. The summed E-state index contributed by atoms with van der Waals surface area (Å²) in [5.41, 5.74) is 2.16. The van der Waals surface area contributed by atoms with Crippen LogP contribution in [0.4, 0.5) is 5.69 Å². The first-order valence-electron chi connectivity index (χ1n) is 9.28. The normalized spacial score (nSPS) is 10.2. The maximum atomic E-state index is 12.6. The van der Waals surface area contributed by atoms with Gasteiger partial charge in [0.25, 0.3) is 5.91 Å². The fraction of sp³-hybridized carbons (Fsp3) is 0.0870. The molecule has 3 aromatic rings. The highest BCUT2D eigenvalue weighted by atomic mass is 35.5. The van der Waals surface area contributed by atoms with Crippen LogP contribution in [-0.4, -0.2) is 17.7 Å². The van der Waals surface area contributed by atoms with Crippen molar-refractivity contribution >= 4 is 35.0 Å². The molecule has 0 aromatic heterocycles. The first kappa shape index (κ1) is 21.1. The van der Waals surface area contributed by atoms with Crippen molar-refractivity contribution in [1.29, 1.82) is 0 Å². The van der Waals surface area contributed by atoms with Gasteiger partial charge in [0.2, 0.25) is 0 Å². The van der Waals surface area contributed by atoms with Gasteiger partial charge in [-0.25, -0.2) is 0 Å². The van der Waals surface area contributed by atoms with Crippen LogP contribution in [0, 0.1) is 0 Å². The van der Waals surface area contributed by atoms with Crippen molar-refractivity contribution in [2.45, 2.75) is 13.1 Å². The van der Waals surface area contributed by atoms with Gasteiger partial charge in [-0.3, -0.25) is 14.4 Å². The number of halogens is 1. The number of rotatable bonds is 6. The Morgan fingerprint density at radius 2 is 1.37 bits per heavy atom. The molecule has 0 saturated heterocycles. The van der Waals surface area contributed by atoms with Crippen LogP contribution in [0.1, 0.15) is 21.5 Å². The van der Waals surface area contributed by atoms with Crippen molar-refractivity contribution < 1.29 is 14.4 Å². The van der Waals surface area contributed by atoms with E-state index in [0.29, 0.717) is 17.1 Å². The number of carbonyl (C=O) groups is 3. The van der Waals surface area contributed by atoms with Gasteiger partial charge in [0, 0.05) is 18.1 Å². The van der Waals surface area contributed by atoms with Crippen molar-refractivity contribution in [3.8, 4) is 0 Å². The lowest BCUT2D eigenvalue weighted by Crippen LogP contribution is -2.35. The van der Waals surface area contributed by atoms with E-state index in [1.54, 1.807) is 48.5 Å². The summed E-state index contributed by atoms with van der Waals surface area (Å²) < 4.78 is 0. The number of hydrogen-bond acceptors (Lipinski definition) is 3. The molecular formula is C23H20ClN3O3. The Morgan fingerprint density at radius 3 is 2.13 bits per heavy atom. The van der Waals surface area contributed by atoms with Crippen LogP contribution in [0.5, 0.6) is 0 Å². The van der Waals surface area contributed by atoms with Crippen LogP contribution in [0.25, 0.3) is 0 Å². The predicted octanol–water partition coefficient (Wildman–Crippen LogP) is 3.52. The first-order chi connectivity index (χ1) is 14.5. The Kier molecular flexibility index (Phi) is 7.19. The number of hydrogen-bond donors (Lipinski definition) is 3. The van der Waals surface area contributed by atoms with E-state index in [2.05, 4.69) is 16.0 Å². The molecule has 0 aliphatic heterocycles. The molecule has 6 nitrogen and oxygen atoms in total. The Morgan fingerprint density at radius 1 is 0.700 bits per heavy atom. The van der Waals surface area contributed by atoms with Crippen LogP contribution in [0.15, 0.2) is 78.9 Å². The van der Waals surface area contributed by atoms with Gasteiger partial charge < -0.3 is 16.0 Å². The Hall–Kier alpha value is -3.64. The minimum Gasteiger partial charge on any atom is -0.348 e. The van der Waals surface area contributed by atoms with E-state index >= 15 is 0 Å². The lowest BCUT2D eigenvalue weighted by molar-refractivity contribution is -0.136. The van der Waals surface area contributed by atoms with Gasteiger partial charge in [-0.05, 0) is 29.3 Å². The number of benzene rings is 3. The summed E-state index contributed by atoms with van der Waals surface area (Å²) in [4.78, 5) is 37.0. The fourth-order valence-electron chi connectivity index (χ4n) is 2.74. The van der Waals surface area contributed by atoms with Crippen molar-refractivity contribution in [1.82, 2.24) is 10.6 Å². The molecule has 0 bridgehead atoms. The average Bonchev–Trinajstić information content (AvgIpc) is 2.77. The third kappa shape index (κ3) is 5.68. The lowest BCUT2D eigenvalue weighted by atomic mass is 10.1. The molecular weight excluding hydrogens is 402 g/mol. The van der Waals surface area contributed by atoms with Gasteiger partial charge in [-0.2, -0.15) is 0 Å². The standard InChI is InChI=1S/C23H20ClN3O3/c24-19-12-6-4-10-17(19)15-26-22(29)23(30)27-20-13-7-5-11-18(20)21(28)25-14-16-8-2-1-3-9-16/h1-13H,14-15H2,(H,25,28)(H,26,29)(H,27,30). The fourth-order valence-corrected chi connectivity index (χ4v) is 2.94. The highest BCUT2D eigenvalue weighted by Crippen LogP contribution is 2.16. The minimum absolute atomic E-state index is 0.116. The van der Waals surface area contributed by atoms with Gasteiger partial charge in [0.1, 0.15) is 0 Å². The molecule has 7 heteroatoms. The molecule has 0 aliphatic carbocycles. The zero-order chi connectivity index (χ0) is 21.3. The zero-order valence-electron chi connectivity index (χ0n) is 16.0. The highest BCUT2D eigenvalue weighted by Gasteiger charge is 2.18. The molecule has 0 unspecified atom stereocenters. The van der Waals surface area contributed by atoms with E-state index in [1.165, 1.54) is 0 Å². The summed E-state index contributed by atoms with van der Waals surface area (Å²) >= 11 is 6.05. The molecule has 3 rings (SSSR count). The number of para-hydroxylation sites is 1. The molecule has 0 aliphatic rings. The summed E-state index contributed by atoms with van der Waals surface area (Å²) in [6.45, 7) is 0.464. The van der Waals surface area contributed by atoms with E-state index in [4.69, 9.17) is 11.6 Å². The van der Waals surface area contributed by atoms with Crippen molar-refractivity contribution in [2.75, 3.05) is 5.32 Å². The molecule has 30 heavy (non-hydrogen) atoms. The molecule has 3 amide bonds. The molecule has 152 valence electrons. The van der Waals surface area contributed by atoms with Crippen LogP contribution in [0.2, 0.25) is 5.02 Å². The second kappa shape index (κ2) is 10.2. The van der Waals surface area contributed by atoms with E-state index in [1.807, 2.05) is 30.3 Å². The Bertz CT molecular complexity index is 1050. The molecule has 0 spiro atoms. The molecule has 0 heterocycles. The summed E-state index contributed by atoms with van der Waals surface area (Å²) in [5.74, 6) is -2.05. The summed E-state index contributed by atoms with van der Waals surface area (Å²) in [7, 11) is 0. The molecule has 0 radical (unpaired) electrons. The largest absolute Gasteiger partial charge is 0.348 e. The second-order valence-electron chi connectivity index (χ2n) is 6.44. The van der Waals surface area contributed by atoms with Crippen molar-refractivity contribution in [3.05, 3.63) is 101 Å². The summed E-state index contributed by atoms with van der Waals surface area (Å²) in [6.07, 6.45) is 0. The monoisotopic (exact) mass is 421 g/mol. The van der Waals surface area contributed by atoms with E-state index in [-0.39, 0.29) is 23.7 Å². The van der Waals surface area contributed by atoms with Crippen LogP contribution >= 0.6 is 11.6 Å². The van der Waals surface area contributed by atoms with Gasteiger partial charge in [-0.15, -0.1) is 0 Å². The quantitative estimate of drug-likeness (QED) is 0.532. The third-order valence-electron chi connectivity index (χ3n) is 4.32. The molecule has 3 aromatic carbocycles. The van der Waals surface area contributed by atoms with Crippen LogP contribution in [0.3, 0.4) is 0 Å². The van der Waals surface area contributed by atoms with Gasteiger partial charge in [0.05, 0.1) is 11.3 Å². The van der Waals surface area contributed by atoms with E-state index in [9.17, 15) is 14.4 Å². The molecule has 0 saturated carbocycles. The lowest BCUT2D eigenvalue weighted by Gasteiger charge is -2.12. The van der Waals surface area contributed by atoms with Crippen molar-refractivity contribution in [2.24, 2.45) is 0 Å². The van der Waals surface area contributed by atoms with Gasteiger partial charge in [-0.1, -0.05) is 72.3 Å². The molecule has 0 fully saturated rings. The molecule has 3 N–H and O–H groups in total. The number of nitrogens with one attached hydrogen (secondary N) is 3. The van der Waals surface area contributed by atoms with Crippen molar-refractivity contribution in [3.63, 3.8) is 0 Å². The average molecular weight is 422 g/mol. The van der Waals surface area contributed by atoms with Crippen LogP contribution in [-0.2, 0) is 22.7 Å². The van der Waals surface area contributed by atoms with Crippen LogP contribution < -0.4 is 16.0 Å². The molecule has 0 atom stereocenters. The number of carbonyl (C=O) groups excluding carboxylic acids is 3. The summed E-state index contributed by atoms with van der Waals surface area (Å²) in [5, 5.41) is 8.32. The minimum atomic E-state index is -0.870. The smallest absolute Gasteiger partial charge is 0.313 e. The maximum Gasteiger partial charge on any atom is 0.313 e. The van der Waals surface area contributed by atoms with E-state index in [0.717, 1.165) is 5.56 Å². The Labute approximate surface area is 179 Å². The summed E-state index contributed by atoms with van der Waals surface area (Å²) in [6, 6.07) is 23.0. The highest BCUT2D eigenvalue weighted by molar-refractivity contribution is 6.40. The SMILES string of the molecule is O=C(NCc1ccccc1Cl)C(=O)Nc1ccccc1C(=O)NCc1ccccc1. The first-order valence-corrected chi connectivity index (χ1v) is 9.66. The van der Waals surface area contributed by atoms with Gasteiger partial charge in [0.15, 0.2) is 0 Å². The Balaban J connectivity index is 1.60. The predicted molar refractivity (Wildman–Crippen MR) is 116 cm³/mol. The number of anilines is 1.